The summed E-state index contributed by atoms with van der Waals surface area (Å²) in [6, 6.07) is 10.4. The minimum atomic E-state index is -0.693. The zero-order chi connectivity index (χ0) is 15.9. The Hall–Kier alpha value is -1.55. The molecule has 118 valence electrons. The second kappa shape index (κ2) is 8.03. The number of rotatable bonds is 7. The van der Waals surface area contributed by atoms with E-state index in [0.717, 1.165) is 25.9 Å². The number of carbonyl (C=O) groups excluding carboxylic acids is 1. The minimum Gasteiger partial charge on any atom is -0.446 e. The number of nitrogens with zero attached hydrogens (tertiary/aromatic N) is 1. The van der Waals surface area contributed by atoms with Crippen LogP contribution < -0.4 is 5.73 Å². The molecular formula is C17H28N2O2. The van der Waals surface area contributed by atoms with Gasteiger partial charge in [0.2, 0.25) is 0 Å². The van der Waals surface area contributed by atoms with E-state index in [2.05, 4.69) is 57.0 Å². The molecule has 0 aliphatic carbocycles. The summed E-state index contributed by atoms with van der Waals surface area (Å²) in [5.74, 6) is 0. The molecule has 1 aromatic rings. The topological polar surface area (TPSA) is 55.6 Å². The summed E-state index contributed by atoms with van der Waals surface area (Å²) in [4.78, 5) is 13.3. The lowest BCUT2D eigenvalue weighted by molar-refractivity contribution is 0.0261. The number of benzene rings is 1. The molecule has 1 amide bonds. The van der Waals surface area contributed by atoms with Gasteiger partial charge >= 0.3 is 6.09 Å². The van der Waals surface area contributed by atoms with Gasteiger partial charge in [-0.15, -0.1) is 0 Å². The van der Waals surface area contributed by atoms with Gasteiger partial charge in [0.1, 0.15) is 6.10 Å². The number of ether oxygens (including phenoxy) is 1. The van der Waals surface area contributed by atoms with Crippen molar-refractivity contribution in [2.24, 2.45) is 11.1 Å². The van der Waals surface area contributed by atoms with Gasteiger partial charge in [0.15, 0.2) is 0 Å². The van der Waals surface area contributed by atoms with Gasteiger partial charge in [-0.1, -0.05) is 51.1 Å². The highest BCUT2D eigenvalue weighted by Crippen LogP contribution is 2.25. The monoisotopic (exact) mass is 292 g/mol. The van der Waals surface area contributed by atoms with Gasteiger partial charge in [0, 0.05) is 13.1 Å². The van der Waals surface area contributed by atoms with Crippen molar-refractivity contribution < 1.29 is 9.53 Å². The number of amides is 1. The molecule has 4 nitrogen and oxygen atoms in total. The van der Waals surface area contributed by atoms with E-state index >= 15 is 0 Å². The molecule has 0 saturated carbocycles. The molecule has 1 atom stereocenters. The van der Waals surface area contributed by atoms with Crippen LogP contribution in [-0.2, 0) is 11.2 Å². The molecule has 4 heteroatoms. The van der Waals surface area contributed by atoms with Gasteiger partial charge in [-0.25, -0.2) is 4.79 Å². The molecule has 0 fully saturated rings. The van der Waals surface area contributed by atoms with Crippen LogP contribution in [0.4, 0.5) is 4.79 Å². The lowest BCUT2D eigenvalue weighted by Gasteiger charge is -2.31. The maximum Gasteiger partial charge on any atom is 0.404 e. The first-order chi connectivity index (χ1) is 9.79. The van der Waals surface area contributed by atoms with E-state index in [1.54, 1.807) is 0 Å². The largest absolute Gasteiger partial charge is 0.446 e. The summed E-state index contributed by atoms with van der Waals surface area (Å²) >= 11 is 0. The fourth-order valence-corrected chi connectivity index (χ4v) is 2.22. The number of hydrogen-bond donors (Lipinski definition) is 1. The van der Waals surface area contributed by atoms with Crippen molar-refractivity contribution in [3.05, 3.63) is 35.9 Å². The molecule has 21 heavy (non-hydrogen) atoms. The fraction of sp³-hybridized carbons (Fsp3) is 0.588. The van der Waals surface area contributed by atoms with Crippen LogP contribution in [0.3, 0.4) is 0 Å². The van der Waals surface area contributed by atoms with E-state index < -0.39 is 6.09 Å². The molecule has 0 aliphatic heterocycles. The summed E-state index contributed by atoms with van der Waals surface area (Å²) in [6.45, 7) is 8.04. The van der Waals surface area contributed by atoms with Crippen LogP contribution in [0.25, 0.3) is 0 Å². The number of nitrogens with two attached hydrogens (primary N) is 1. The van der Waals surface area contributed by atoms with Gasteiger partial charge < -0.3 is 15.4 Å². The third-order valence-electron chi connectivity index (χ3n) is 3.62. The van der Waals surface area contributed by atoms with Crippen LogP contribution in [0, 0.1) is 5.41 Å². The molecule has 2 N–H and O–H groups in total. The van der Waals surface area contributed by atoms with Crippen LogP contribution in [-0.4, -0.2) is 37.2 Å². The van der Waals surface area contributed by atoms with Crippen molar-refractivity contribution >= 4 is 6.09 Å². The van der Waals surface area contributed by atoms with Crippen LogP contribution in [0.1, 0.15) is 32.8 Å². The van der Waals surface area contributed by atoms with Gasteiger partial charge in [0.05, 0.1) is 0 Å². The summed E-state index contributed by atoms with van der Waals surface area (Å²) < 4.78 is 5.24. The van der Waals surface area contributed by atoms with Crippen molar-refractivity contribution in [3.8, 4) is 0 Å². The molecule has 0 spiro atoms. The highest BCUT2D eigenvalue weighted by atomic mass is 16.6. The molecule has 0 aromatic heterocycles. The molecule has 0 heterocycles. The lowest BCUT2D eigenvalue weighted by Crippen LogP contribution is -2.37. The first kappa shape index (κ1) is 17.5. The Balaban J connectivity index is 2.39. The van der Waals surface area contributed by atoms with Gasteiger partial charge in [0.25, 0.3) is 0 Å². The highest BCUT2D eigenvalue weighted by Gasteiger charge is 2.27. The van der Waals surface area contributed by atoms with Crippen LogP contribution in [0.2, 0.25) is 0 Å². The minimum absolute atomic E-state index is 0.102. The van der Waals surface area contributed by atoms with Crippen molar-refractivity contribution in [3.63, 3.8) is 0 Å². The van der Waals surface area contributed by atoms with Crippen molar-refractivity contribution in [2.45, 2.75) is 39.7 Å². The Morgan fingerprint density at radius 3 is 2.38 bits per heavy atom. The zero-order valence-electron chi connectivity index (χ0n) is 13.6. The Morgan fingerprint density at radius 1 is 1.24 bits per heavy atom. The molecule has 1 unspecified atom stereocenters. The maximum atomic E-state index is 11.0. The smallest absolute Gasteiger partial charge is 0.404 e. The van der Waals surface area contributed by atoms with Gasteiger partial charge in [-0.2, -0.15) is 0 Å². The average molecular weight is 292 g/mol. The van der Waals surface area contributed by atoms with E-state index in [0.29, 0.717) is 0 Å². The predicted octanol–water partition coefficient (Wildman–Crippen LogP) is 3.06. The van der Waals surface area contributed by atoms with E-state index in [-0.39, 0.29) is 11.5 Å². The molecule has 1 rings (SSSR count). The first-order valence-corrected chi connectivity index (χ1v) is 7.47. The number of primary amides is 1. The van der Waals surface area contributed by atoms with Crippen molar-refractivity contribution in [1.82, 2.24) is 4.90 Å². The molecular weight excluding hydrogens is 264 g/mol. The van der Waals surface area contributed by atoms with E-state index in [9.17, 15) is 4.79 Å². The van der Waals surface area contributed by atoms with E-state index in [4.69, 9.17) is 10.5 Å². The van der Waals surface area contributed by atoms with Crippen LogP contribution in [0.15, 0.2) is 30.3 Å². The zero-order valence-corrected chi connectivity index (χ0v) is 13.6. The van der Waals surface area contributed by atoms with Crippen molar-refractivity contribution in [1.29, 1.82) is 0 Å². The standard InChI is InChI=1S/C17H28N2O2/c1-17(2,3)15(21-16(18)20)11-13-19(4)12-10-14-8-6-5-7-9-14/h5-9,15H,10-13H2,1-4H3,(H2,18,20). The third-order valence-corrected chi connectivity index (χ3v) is 3.62. The number of carbonyl (C=O) groups is 1. The Kier molecular flexibility index (Phi) is 6.69. The quantitative estimate of drug-likeness (QED) is 0.840. The summed E-state index contributed by atoms with van der Waals surface area (Å²) in [7, 11) is 2.09. The molecule has 0 radical (unpaired) electrons. The normalized spacial score (nSPS) is 13.2. The average Bonchev–Trinajstić information content (AvgIpc) is 2.40. The lowest BCUT2D eigenvalue weighted by atomic mass is 9.87. The Bertz CT molecular complexity index is 426. The molecule has 0 aliphatic rings. The summed E-state index contributed by atoms with van der Waals surface area (Å²) in [5, 5.41) is 0. The SMILES string of the molecule is CN(CCc1ccccc1)CCC(OC(N)=O)C(C)(C)C. The van der Waals surface area contributed by atoms with Crippen LogP contribution in [0.5, 0.6) is 0 Å². The van der Waals surface area contributed by atoms with Gasteiger partial charge in [-0.3, -0.25) is 0 Å². The fourth-order valence-electron chi connectivity index (χ4n) is 2.22. The molecule has 0 saturated heterocycles. The molecule has 1 aromatic carbocycles. The van der Waals surface area contributed by atoms with E-state index in [1.807, 2.05) is 6.07 Å². The van der Waals surface area contributed by atoms with Gasteiger partial charge in [-0.05, 0) is 30.9 Å². The third kappa shape index (κ3) is 7.14. The van der Waals surface area contributed by atoms with Crippen molar-refractivity contribution in [2.75, 3.05) is 20.1 Å². The second-order valence-corrected chi connectivity index (χ2v) is 6.62. The number of hydrogen-bond acceptors (Lipinski definition) is 3. The summed E-state index contributed by atoms with van der Waals surface area (Å²) in [5.41, 5.74) is 6.39. The second-order valence-electron chi connectivity index (χ2n) is 6.62. The Labute approximate surface area is 128 Å². The van der Waals surface area contributed by atoms with E-state index in [1.165, 1.54) is 5.56 Å². The van der Waals surface area contributed by atoms with Crippen LogP contribution >= 0.6 is 0 Å². The Morgan fingerprint density at radius 2 is 1.86 bits per heavy atom. The first-order valence-electron chi connectivity index (χ1n) is 7.47. The molecule has 0 bridgehead atoms. The highest BCUT2D eigenvalue weighted by molar-refractivity contribution is 5.64. The number of likely N-dealkylation sites (N-methyl/N-ethyl adjacent to an activating group) is 1. The predicted molar refractivity (Wildman–Crippen MR) is 86.2 cm³/mol. The maximum absolute atomic E-state index is 11.0. The summed E-state index contributed by atoms with van der Waals surface area (Å²) in [6.07, 6.45) is 0.961.